The highest BCUT2D eigenvalue weighted by Gasteiger charge is 2.23. The van der Waals surface area contributed by atoms with E-state index in [4.69, 9.17) is 0 Å². The molecule has 0 spiro atoms. The lowest BCUT2D eigenvalue weighted by atomic mass is 9.98. The van der Waals surface area contributed by atoms with E-state index in [0.717, 1.165) is 17.2 Å². The Morgan fingerprint density at radius 1 is 1.00 bits per heavy atom. The molecule has 0 saturated heterocycles. The van der Waals surface area contributed by atoms with Gasteiger partial charge >= 0.3 is 0 Å². The summed E-state index contributed by atoms with van der Waals surface area (Å²) in [5, 5.41) is 0. The molecule has 0 saturated carbocycles. The van der Waals surface area contributed by atoms with E-state index in [0.29, 0.717) is 30.8 Å². The number of carbonyl (C=O) groups is 1. The van der Waals surface area contributed by atoms with Crippen LogP contribution in [0.2, 0.25) is 0 Å². The fourth-order valence-electron chi connectivity index (χ4n) is 3.56. The van der Waals surface area contributed by atoms with E-state index in [1.54, 1.807) is 29.2 Å². The Bertz CT molecular complexity index is 1210. The number of hydrogen-bond acceptors (Lipinski definition) is 3. The predicted octanol–water partition coefficient (Wildman–Crippen LogP) is 4.13. The molecule has 154 valence electrons. The molecule has 0 aliphatic carbocycles. The third-order valence-electron chi connectivity index (χ3n) is 5.22. The first-order valence-electron chi connectivity index (χ1n) is 9.58. The van der Waals surface area contributed by atoms with Crippen LogP contribution in [-0.2, 0) is 23.0 Å². The van der Waals surface area contributed by atoms with Crippen molar-refractivity contribution in [2.24, 2.45) is 0 Å². The number of aryl methyl sites for hydroxylation is 1. The first-order chi connectivity index (χ1) is 14.3. The summed E-state index contributed by atoms with van der Waals surface area (Å²) >= 11 is 0. The normalized spacial score (nSPS) is 13.6. The Morgan fingerprint density at radius 2 is 1.77 bits per heavy atom. The molecule has 0 aromatic heterocycles. The van der Waals surface area contributed by atoms with Gasteiger partial charge in [0.1, 0.15) is 5.82 Å². The lowest BCUT2D eigenvalue weighted by Gasteiger charge is -2.29. The Kier molecular flexibility index (Phi) is 5.30. The van der Waals surface area contributed by atoms with Crippen LogP contribution in [0.3, 0.4) is 0 Å². The van der Waals surface area contributed by atoms with Gasteiger partial charge in [0.25, 0.3) is 15.9 Å². The second-order valence-corrected chi connectivity index (χ2v) is 9.03. The highest BCUT2D eigenvalue weighted by Crippen LogP contribution is 2.26. The third kappa shape index (κ3) is 4.07. The topological polar surface area (TPSA) is 66.5 Å². The van der Waals surface area contributed by atoms with Crippen LogP contribution in [-0.4, -0.2) is 25.8 Å². The summed E-state index contributed by atoms with van der Waals surface area (Å²) in [7, 11) is -3.85. The van der Waals surface area contributed by atoms with Crippen LogP contribution in [0, 0.1) is 12.7 Å². The molecule has 1 amide bonds. The number of sulfonamides is 1. The molecule has 5 nitrogen and oxygen atoms in total. The molecule has 1 N–H and O–H groups in total. The monoisotopic (exact) mass is 424 g/mol. The van der Waals surface area contributed by atoms with Crippen LogP contribution in [0.4, 0.5) is 10.1 Å². The van der Waals surface area contributed by atoms with Gasteiger partial charge in [-0.1, -0.05) is 24.3 Å². The molecule has 30 heavy (non-hydrogen) atoms. The van der Waals surface area contributed by atoms with Gasteiger partial charge in [0.05, 0.1) is 4.90 Å². The van der Waals surface area contributed by atoms with Crippen LogP contribution in [0.5, 0.6) is 0 Å². The predicted molar refractivity (Wildman–Crippen MR) is 113 cm³/mol. The van der Waals surface area contributed by atoms with Gasteiger partial charge in [-0.05, 0) is 72.5 Å². The number of hydrogen-bond donors (Lipinski definition) is 1. The van der Waals surface area contributed by atoms with Crippen molar-refractivity contribution >= 4 is 21.6 Å². The maximum absolute atomic E-state index is 13.5. The SMILES string of the molecule is Cc1cc(S(=O)(=O)Nc2ccc3c(c2)CN(C(=O)c2ccccc2)CC3)ccc1F. The Labute approximate surface area is 175 Å². The summed E-state index contributed by atoms with van der Waals surface area (Å²) in [5.74, 6) is -0.500. The molecule has 0 bridgehead atoms. The molecule has 4 rings (SSSR count). The molecule has 3 aromatic rings. The number of rotatable bonds is 4. The first kappa shape index (κ1) is 20.1. The second kappa shape index (κ2) is 7.91. The number of halogens is 1. The van der Waals surface area contributed by atoms with Crippen molar-refractivity contribution in [1.82, 2.24) is 4.90 Å². The molecule has 1 heterocycles. The summed E-state index contributed by atoms with van der Waals surface area (Å²) in [6, 6.07) is 18.1. The van der Waals surface area contributed by atoms with Gasteiger partial charge in [-0.15, -0.1) is 0 Å². The number of nitrogens with one attached hydrogen (secondary N) is 1. The fourth-order valence-corrected chi connectivity index (χ4v) is 4.69. The van der Waals surface area contributed by atoms with E-state index in [1.807, 2.05) is 24.3 Å². The van der Waals surface area contributed by atoms with Crippen molar-refractivity contribution in [2.75, 3.05) is 11.3 Å². The van der Waals surface area contributed by atoms with Crippen molar-refractivity contribution in [1.29, 1.82) is 0 Å². The molecule has 0 fully saturated rings. The lowest BCUT2D eigenvalue weighted by Crippen LogP contribution is -2.36. The minimum Gasteiger partial charge on any atom is -0.334 e. The molecule has 0 atom stereocenters. The number of carbonyl (C=O) groups excluding carboxylic acids is 1. The van der Waals surface area contributed by atoms with Crippen molar-refractivity contribution in [2.45, 2.75) is 24.8 Å². The standard InChI is InChI=1S/C23H21FN2O3S/c1-16-13-21(9-10-22(16)24)30(28,29)25-20-8-7-17-11-12-26(15-19(17)14-20)23(27)18-5-3-2-4-6-18/h2-10,13-14,25H,11-12,15H2,1H3. The van der Waals surface area contributed by atoms with Crippen molar-refractivity contribution in [3.8, 4) is 0 Å². The fraction of sp³-hybridized carbons (Fsp3) is 0.174. The number of nitrogens with zero attached hydrogens (tertiary/aromatic N) is 1. The van der Waals surface area contributed by atoms with E-state index >= 15 is 0 Å². The highest BCUT2D eigenvalue weighted by molar-refractivity contribution is 7.92. The number of fused-ring (bicyclic) bond motifs is 1. The molecule has 0 unspecified atom stereocenters. The van der Waals surface area contributed by atoms with Gasteiger partial charge in [0.2, 0.25) is 0 Å². The van der Waals surface area contributed by atoms with E-state index in [9.17, 15) is 17.6 Å². The molecule has 1 aliphatic heterocycles. The average molecular weight is 424 g/mol. The molecule has 7 heteroatoms. The molecule has 1 aliphatic rings. The van der Waals surface area contributed by atoms with Gasteiger partial charge in [0.15, 0.2) is 0 Å². The zero-order valence-electron chi connectivity index (χ0n) is 16.4. The van der Waals surface area contributed by atoms with Crippen molar-refractivity contribution in [3.63, 3.8) is 0 Å². The second-order valence-electron chi connectivity index (χ2n) is 7.34. The first-order valence-corrected chi connectivity index (χ1v) is 11.1. The third-order valence-corrected chi connectivity index (χ3v) is 6.60. The Morgan fingerprint density at radius 3 is 2.50 bits per heavy atom. The minimum absolute atomic E-state index is 0.00000241. The summed E-state index contributed by atoms with van der Waals surface area (Å²) in [6.07, 6.45) is 0.706. The minimum atomic E-state index is -3.85. The molecular formula is C23H21FN2O3S. The zero-order valence-corrected chi connectivity index (χ0v) is 17.2. The molecule has 0 radical (unpaired) electrons. The van der Waals surface area contributed by atoms with E-state index < -0.39 is 15.8 Å². The van der Waals surface area contributed by atoms with Gasteiger partial charge in [0, 0.05) is 24.3 Å². The van der Waals surface area contributed by atoms with E-state index in [1.165, 1.54) is 19.1 Å². The Hall–Kier alpha value is -3.19. The number of amides is 1. The van der Waals surface area contributed by atoms with Crippen LogP contribution in [0.25, 0.3) is 0 Å². The van der Waals surface area contributed by atoms with Gasteiger partial charge in [-0.25, -0.2) is 12.8 Å². The summed E-state index contributed by atoms with van der Waals surface area (Å²) in [6.45, 7) is 2.54. The van der Waals surface area contributed by atoms with E-state index in [2.05, 4.69) is 4.72 Å². The smallest absolute Gasteiger partial charge is 0.261 e. The molecular weight excluding hydrogens is 403 g/mol. The average Bonchev–Trinajstić information content (AvgIpc) is 2.75. The lowest BCUT2D eigenvalue weighted by molar-refractivity contribution is 0.0734. The summed E-state index contributed by atoms with van der Waals surface area (Å²) in [4.78, 5) is 14.5. The molecule has 3 aromatic carbocycles. The zero-order chi connectivity index (χ0) is 21.3. The quantitative estimate of drug-likeness (QED) is 0.685. The van der Waals surface area contributed by atoms with Crippen molar-refractivity contribution in [3.05, 3.63) is 94.8 Å². The van der Waals surface area contributed by atoms with Crippen LogP contribution in [0.1, 0.15) is 27.0 Å². The highest BCUT2D eigenvalue weighted by atomic mass is 32.2. The van der Waals surface area contributed by atoms with Crippen LogP contribution < -0.4 is 4.72 Å². The number of benzene rings is 3. The van der Waals surface area contributed by atoms with Crippen LogP contribution in [0.15, 0.2) is 71.6 Å². The van der Waals surface area contributed by atoms with Gasteiger partial charge in [-0.3, -0.25) is 9.52 Å². The number of anilines is 1. The Balaban J connectivity index is 1.55. The van der Waals surface area contributed by atoms with Crippen LogP contribution >= 0.6 is 0 Å². The van der Waals surface area contributed by atoms with E-state index in [-0.39, 0.29) is 16.4 Å². The van der Waals surface area contributed by atoms with Gasteiger partial charge < -0.3 is 4.90 Å². The van der Waals surface area contributed by atoms with Crippen molar-refractivity contribution < 1.29 is 17.6 Å². The maximum atomic E-state index is 13.5. The summed E-state index contributed by atoms with van der Waals surface area (Å²) in [5.41, 5.74) is 3.29. The van der Waals surface area contributed by atoms with Gasteiger partial charge in [-0.2, -0.15) is 0 Å². The maximum Gasteiger partial charge on any atom is 0.261 e. The summed E-state index contributed by atoms with van der Waals surface area (Å²) < 4.78 is 41.4. The largest absolute Gasteiger partial charge is 0.334 e.